The molecule has 4 atom stereocenters. The molecular formula is C13H22N2O2. The minimum atomic E-state index is -0.137. The van der Waals surface area contributed by atoms with Crippen LogP contribution in [0.1, 0.15) is 33.6 Å². The lowest BCUT2D eigenvalue weighted by molar-refractivity contribution is -0.141. The molecule has 2 rings (SSSR count). The van der Waals surface area contributed by atoms with Crippen LogP contribution in [0.2, 0.25) is 0 Å². The van der Waals surface area contributed by atoms with Gasteiger partial charge in [0, 0.05) is 25.6 Å². The standard InChI is InChI=1S/C13H22N2O2/c1-8-4-9(2)10(3)15(7-8)13(17)11-5-12(16)14-6-11/h8-11H,4-7H2,1-3H3,(H,14,16). The van der Waals surface area contributed by atoms with Crippen molar-refractivity contribution in [1.82, 2.24) is 10.2 Å². The largest absolute Gasteiger partial charge is 0.355 e. The zero-order valence-corrected chi connectivity index (χ0v) is 10.9. The van der Waals surface area contributed by atoms with Crippen molar-refractivity contribution in [2.24, 2.45) is 17.8 Å². The highest BCUT2D eigenvalue weighted by molar-refractivity contribution is 5.89. The Labute approximate surface area is 103 Å². The molecule has 2 saturated heterocycles. The number of piperidine rings is 1. The third kappa shape index (κ3) is 2.45. The molecule has 0 spiro atoms. The molecular weight excluding hydrogens is 216 g/mol. The van der Waals surface area contributed by atoms with Gasteiger partial charge >= 0.3 is 0 Å². The van der Waals surface area contributed by atoms with Crippen LogP contribution in [-0.2, 0) is 9.59 Å². The Morgan fingerprint density at radius 2 is 2.06 bits per heavy atom. The number of hydrogen-bond acceptors (Lipinski definition) is 2. The first kappa shape index (κ1) is 12.4. The quantitative estimate of drug-likeness (QED) is 0.741. The number of likely N-dealkylation sites (tertiary alicyclic amines) is 1. The van der Waals surface area contributed by atoms with Crippen molar-refractivity contribution in [3.05, 3.63) is 0 Å². The second kappa shape index (κ2) is 4.67. The Balaban J connectivity index is 2.04. The Kier molecular flexibility index (Phi) is 3.40. The molecule has 2 fully saturated rings. The number of nitrogens with one attached hydrogen (secondary N) is 1. The molecule has 2 aliphatic rings. The fourth-order valence-electron chi connectivity index (χ4n) is 3.02. The van der Waals surface area contributed by atoms with Gasteiger partial charge in [-0.05, 0) is 25.2 Å². The number of amides is 2. The van der Waals surface area contributed by atoms with E-state index in [2.05, 4.69) is 26.1 Å². The molecule has 17 heavy (non-hydrogen) atoms. The fraction of sp³-hybridized carbons (Fsp3) is 0.846. The molecule has 0 aromatic heterocycles. The molecule has 0 radical (unpaired) electrons. The maximum Gasteiger partial charge on any atom is 0.228 e. The van der Waals surface area contributed by atoms with Gasteiger partial charge in [0.05, 0.1) is 5.92 Å². The number of nitrogens with zero attached hydrogens (tertiary/aromatic N) is 1. The van der Waals surface area contributed by atoms with Crippen molar-refractivity contribution >= 4 is 11.8 Å². The lowest BCUT2D eigenvalue weighted by atomic mass is 9.85. The Morgan fingerprint density at radius 1 is 1.35 bits per heavy atom. The average molecular weight is 238 g/mol. The molecule has 4 heteroatoms. The number of carbonyl (C=O) groups is 2. The molecule has 0 saturated carbocycles. The van der Waals surface area contributed by atoms with E-state index < -0.39 is 0 Å². The van der Waals surface area contributed by atoms with Crippen molar-refractivity contribution in [1.29, 1.82) is 0 Å². The van der Waals surface area contributed by atoms with E-state index in [1.165, 1.54) is 6.42 Å². The van der Waals surface area contributed by atoms with Gasteiger partial charge in [-0.3, -0.25) is 9.59 Å². The second-order valence-electron chi connectivity index (χ2n) is 5.75. The van der Waals surface area contributed by atoms with Crippen molar-refractivity contribution < 1.29 is 9.59 Å². The maximum absolute atomic E-state index is 12.4. The van der Waals surface area contributed by atoms with Crippen molar-refractivity contribution in [2.45, 2.75) is 39.7 Å². The van der Waals surface area contributed by atoms with Crippen LogP contribution >= 0.6 is 0 Å². The SMILES string of the molecule is CC1CC(C)C(C)N(C(=O)C2CNC(=O)C2)C1. The first-order chi connectivity index (χ1) is 7.99. The van der Waals surface area contributed by atoms with Crippen LogP contribution in [0.4, 0.5) is 0 Å². The van der Waals surface area contributed by atoms with Crippen LogP contribution < -0.4 is 5.32 Å². The molecule has 0 bridgehead atoms. The summed E-state index contributed by atoms with van der Waals surface area (Å²) in [6.07, 6.45) is 1.55. The van der Waals surface area contributed by atoms with Crippen LogP contribution in [0, 0.1) is 17.8 Å². The topological polar surface area (TPSA) is 49.4 Å². The van der Waals surface area contributed by atoms with Crippen LogP contribution in [0.5, 0.6) is 0 Å². The summed E-state index contributed by atoms with van der Waals surface area (Å²) in [5.41, 5.74) is 0. The third-order valence-corrected chi connectivity index (χ3v) is 4.21. The minimum absolute atomic E-state index is 0.00843. The molecule has 2 amide bonds. The van der Waals surface area contributed by atoms with Crippen LogP contribution in [-0.4, -0.2) is 35.8 Å². The summed E-state index contributed by atoms with van der Waals surface area (Å²) in [5, 5.41) is 2.74. The Bertz CT molecular complexity index is 329. The summed E-state index contributed by atoms with van der Waals surface area (Å²) in [6, 6.07) is 0.300. The van der Waals surface area contributed by atoms with E-state index in [0.29, 0.717) is 30.8 Å². The van der Waals surface area contributed by atoms with Gasteiger partial charge in [-0.15, -0.1) is 0 Å². The summed E-state index contributed by atoms with van der Waals surface area (Å²) >= 11 is 0. The average Bonchev–Trinajstić information content (AvgIpc) is 2.69. The highest BCUT2D eigenvalue weighted by atomic mass is 16.2. The van der Waals surface area contributed by atoms with E-state index in [0.717, 1.165) is 6.54 Å². The summed E-state index contributed by atoms with van der Waals surface area (Å²) in [7, 11) is 0. The molecule has 0 aromatic rings. The van der Waals surface area contributed by atoms with E-state index in [1.807, 2.05) is 4.90 Å². The van der Waals surface area contributed by atoms with Gasteiger partial charge in [0.25, 0.3) is 0 Å². The first-order valence-corrected chi connectivity index (χ1v) is 6.56. The fourth-order valence-corrected chi connectivity index (χ4v) is 3.02. The second-order valence-corrected chi connectivity index (χ2v) is 5.75. The summed E-state index contributed by atoms with van der Waals surface area (Å²) < 4.78 is 0. The molecule has 1 N–H and O–H groups in total. The number of rotatable bonds is 1. The van der Waals surface area contributed by atoms with Gasteiger partial charge in [-0.2, -0.15) is 0 Å². The van der Waals surface area contributed by atoms with Gasteiger partial charge in [-0.25, -0.2) is 0 Å². The normalized spacial score (nSPS) is 38.1. The van der Waals surface area contributed by atoms with Gasteiger partial charge in [-0.1, -0.05) is 13.8 Å². The monoisotopic (exact) mass is 238 g/mol. The van der Waals surface area contributed by atoms with Crippen molar-refractivity contribution in [3.8, 4) is 0 Å². The van der Waals surface area contributed by atoms with E-state index in [9.17, 15) is 9.59 Å². The first-order valence-electron chi connectivity index (χ1n) is 6.56. The zero-order valence-electron chi connectivity index (χ0n) is 10.9. The highest BCUT2D eigenvalue weighted by Gasteiger charge is 2.37. The predicted molar refractivity (Wildman–Crippen MR) is 65.2 cm³/mol. The highest BCUT2D eigenvalue weighted by Crippen LogP contribution is 2.28. The van der Waals surface area contributed by atoms with E-state index in [-0.39, 0.29) is 17.7 Å². The minimum Gasteiger partial charge on any atom is -0.355 e. The van der Waals surface area contributed by atoms with Crippen molar-refractivity contribution in [2.75, 3.05) is 13.1 Å². The van der Waals surface area contributed by atoms with Gasteiger partial charge in [0.15, 0.2) is 0 Å². The van der Waals surface area contributed by atoms with Gasteiger partial charge < -0.3 is 10.2 Å². The van der Waals surface area contributed by atoms with Crippen LogP contribution in [0.25, 0.3) is 0 Å². The lowest BCUT2D eigenvalue weighted by Crippen LogP contribution is -2.51. The maximum atomic E-state index is 12.4. The van der Waals surface area contributed by atoms with E-state index >= 15 is 0 Å². The number of hydrogen-bond donors (Lipinski definition) is 1. The summed E-state index contributed by atoms with van der Waals surface area (Å²) in [5.74, 6) is 1.15. The van der Waals surface area contributed by atoms with Gasteiger partial charge in [0.1, 0.15) is 0 Å². The van der Waals surface area contributed by atoms with E-state index in [1.54, 1.807) is 0 Å². The van der Waals surface area contributed by atoms with Crippen LogP contribution in [0.15, 0.2) is 0 Å². The molecule has 4 unspecified atom stereocenters. The Morgan fingerprint density at radius 3 is 2.65 bits per heavy atom. The third-order valence-electron chi connectivity index (χ3n) is 4.21. The summed E-state index contributed by atoms with van der Waals surface area (Å²) in [4.78, 5) is 25.5. The molecule has 0 aromatic carbocycles. The molecule has 2 aliphatic heterocycles. The predicted octanol–water partition coefficient (Wildman–Crippen LogP) is 1.02. The molecule has 2 heterocycles. The smallest absolute Gasteiger partial charge is 0.228 e. The number of carbonyl (C=O) groups excluding carboxylic acids is 2. The molecule has 96 valence electrons. The van der Waals surface area contributed by atoms with Crippen molar-refractivity contribution in [3.63, 3.8) is 0 Å². The zero-order chi connectivity index (χ0) is 12.6. The van der Waals surface area contributed by atoms with Crippen LogP contribution in [0.3, 0.4) is 0 Å². The Hall–Kier alpha value is -1.06. The molecule has 0 aliphatic carbocycles. The molecule has 4 nitrogen and oxygen atoms in total. The van der Waals surface area contributed by atoms with Gasteiger partial charge in [0.2, 0.25) is 11.8 Å². The van der Waals surface area contributed by atoms with E-state index in [4.69, 9.17) is 0 Å². The lowest BCUT2D eigenvalue weighted by Gasteiger charge is -2.42. The summed E-state index contributed by atoms with van der Waals surface area (Å²) in [6.45, 7) is 7.89.